The van der Waals surface area contributed by atoms with Gasteiger partial charge >= 0.3 is 0 Å². The minimum absolute atomic E-state index is 0.315. The zero-order chi connectivity index (χ0) is 12.5. The molecule has 0 bridgehead atoms. The molecule has 1 fully saturated rings. The molecule has 2 N–H and O–H groups in total. The number of pyridine rings is 1. The van der Waals surface area contributed by atoms with Crippen molar-refractivity contribution < 1.29 is 5.11 Å². The molecule has 3 heterocycles. The normalized spacial score (nSPS) is 20.0. The van der Waals surface area contributed by atoms with Crippen LogP contribution in [0.15, 0.2) is 18.3 Å². The molecule has 0 amide bonds. The number of β-amino-alcohol motifs (C(OH)–C–C–N with tert-alkyl or cyclic N) is 1. The predicted molar refractivity (Wildman–Crippen MR) is 68.3 cm³/mol. The number of aliphatic hydroxyl groups is 1. The van der Waals surface area contributed by atoms with Gasteiger partial charge in [-0.15, -0.1) is 0 Å². The predicted octanol–water partition coefficient (Wildman–Crippen LogP) is 1.40. The van der Waals surface area contributed by atoms with Gasteiger partial charge in [0.05, 0.1) is 11.6 Å². The highest BCUT2D eigenvalue weighted by Crippen LogP contribution is 2.28. The van der Waals surface area contributed by atoms with E-state index in [1.807, 2.05) is 17.0 Å². The molecule has 18 heavy (non-hydrogen) atoms. The number of aromatic nitrogens is 2. The highest BCUT2D eigenvalue weighted by molar-refractivity contribution is 5.88. The molecular weight excluding hydrogens is 228 g/mol. The van der Waals surface area contributed by atoms with Gasteiger partial charge in [-0.1, -0.05) is 0 Å². The third-order valence-corrected chi connectivity index (χ3v) is 3.36. The zero-order valence-corrected chi connectivity index (χ0v) is 9.93. The van der Waals surface area contributed by atoms with Crippen LogP contribution in [-0.2, 0) is 0 Å². The Bertz CT molecular complexity index is 613. The molecule has 5 heteroatoms. The van der Waals surface area contributed by atoms with Crippen LogP contribution >= 0.6 is 0 Å². The Labute approximate surface area is 105 Å². The number of H-pyrrole nitrogens is 1. The third kappa shape index (κ3) is 1.71. The van der Waals surface area contributed by atoms with Crippen molar-refractivity contribution >= 4 is 16.9 Å². The van der Waals surface area contributed by atoms with Gasteiger partial charge in [0.25, 0.3) is 0 Å². The number of anilines is 1. The zero-order valence-electron chi connectivity index (χ0n) is 9.93. The molecule has 2 aromatic heterocycles. The van der Waals surface area contributed by atoms with E-state index in [-0.39, 0.29) is 6.10 Å². The summed E-state index contributed by atoms with van der Waals surface area (Å²) in [4.78, 5) is 9.51. The molecule has 0 aromatic carbocycles. The van der Waals surface area contributed by atoms with Crippen LogP contribution in [0.25, 0.3) is 11.0 Å². The highest BCUT2D eigenvalue weighted by Gasteiger charge is 2.23. The van der Waals surface area contributed by atoms with Crippen molar-refractivity contribution in [3.8, 4) is 6.07 Å². The molecule has 0 spiro atoms. The number of aromatic amines is 1. The maximum Gasteiger partial charge on any atom is 0.127 e. The Morgan fingerprint density at radius 1 is 1.56 bits per heavy atom. The first-order chi connectivity index (χ1) is 8.79. The number of rotatable bonds is 1. The molecule has 3 rings (SSSR count). The van der Waals surface area contributed by atoms with E-state index < -0.39 is 0 Å². The Hall–Kier alpha value is -2.06. The second-order valence-corrected chi connectivity index (χ2v) is 4.60. The molecule has 5 nitrogen and oxygen atoms in total. The first kappa shape index (κ1) is 11.1. The Morgan fingerprint density at radius 3 is 3.22 bits per heavy atom. The van der Waals surface area contributed by atoms with E-state index in [1.165, 1.54) is 0 Å². The second kappa shape index (κ2) is 4.31. The van der Waals surface area contributed by atoms with Gasteiger partial charge in [-0.2, -0.15) is 5.26 Å². The lowest BCUT2D eigenvalue weighted by molar-refractivity contribution is 0.154. The van der Waals surface area contributed by atoms with Crippen LogP contribution in [-0.4, -0.2) is 34.3 Å². The van der Waals surface area contributed by atoms with Crippen molar-refractivity contribution in [2.24, 2.45) is 0 Å². The summed E-state index contributed by atoms with van der Waals surface area (Å²) >= 11 is 0. The SMILES string of the molecule is N#Cc1c(N2CCC[C@@H](O)C2)[nH]c2cccnc12. The lowest BCUT2D eigenvalue weighted by Crippen LogP contribution is -2.38. The summed E-state index contributed by atoms with van der Waals surface area (Å²) in [5.74, 6) is 0.782. The van der Waals surface area contributed by atoms with Crippen molar-refractivity contribution in [3.63, 3.8) is 0 Å². The van der Waals surface area contributed by atoms with Gasteiger partial charge < -0.3 is 15.0 Å². The Balaban J connectivity index is 2.08. The molecule has 0 saturated carbocycles. The highest BCUT2D eigenvalue weighted by atomic mass is 16.3. The first-order valence-corrected chi connectivity index (χ1v) is 6.09. The summed E-state index contributed by atoms with van der Waals surface area (Å²) in [5, 5.41) is 19.0. The monoisotopic (exact) mass is 242 g/mol. The van der Waals surface area contributed by atoms with Crippen molar-refractivity contribution in [1.29, 1.82) is 5.26 Å². The van der Waals surface area contributed by atoms with Crippen LogP contribution in [0.2, 0.25) is 0 Å². The number of piperidine rings is 1. The average Bonchev–Trinajstić information content (AvgIpc) is 2.77. The number of nitrogens with one attached hydrogen (secondary N) is 1. The van der Waals surface area contributed by atoms with E-state index in [9.17, 15) is 10.4 Å². The summed E-state index contributed by atoms with van der Waals surface area (Å²) in [5.41, 5.74) is 2.14. The van der Waals surface area contributed by atoms with Gasteiger partial charge in [0.2, 0.25) is 0 Å². The fourth-order valence-electron chi connectivity index (χ4n) is 2.51. The van der Waals surface area contributed by atoms with E-state index in [0.717, 1.165) is 30.7 Å². The topological polar surface area (TPSA) is 75.9 Å². The van der Waals surface area contributed by atoms with Gasteiger partial charge in [0, 0.05) is 19.3 Å². The lowest BCUT2D eigenvalue weighted by Gasteiger charge is -2.31. The molecule has 0 aliphatic carbocycles. The largest absolute Gasteiger partial charge is 0.391 e. The maximum absolute atomic E-state index is 9.73. The molecule has 0 radical (unpaired) electrons. The lowest BCUT2D eigenvalue weighted by atomic mass is 10.1. The standard InChI is InChI=1S/C13H14N4O/c14-7-10-12-11(4-1-5-15-12)16-13(10)17-6-2-3-9(18)8-17/h1,4-5,9,16,18H,2-3,6,8H2/t9-/m1/s1. The second-order valence-electron chi connectivity index (χ2n) is 4.60. The summed E-state index contributed by atoms with van der Waals surface area (Å²) in [7, 11) is 0. The van der Waals surface area contributed by atoms with Crippen LogP contribution < -0.4 is 4.90 Å². The fourth-order valence-corrected chi connectivity index (χ4v) is 2.51. The number of nitriles is 1. The van der Waals surface area contributed by atoms with E-state index in [1.54, 1.807) is 6.20 Å². The molecule has 1 saturated heterocycles. The molecule has 2 aromatic rings. The number of fused-ring (bicyclic) bond motifs is 1. The number of hydrogen-bond donors (Lipinski definition) is 2. The molecule has 0 unspecified atom stereocenters. The van der Waals surface area contributed by atoms with Gasteiger partial charge in [0.15, 0.2) is 0 Å². The van der Waals surface area contributed by atoms with Crippen molar-refractivity contribution in [2.75, 3.05) is 18.0 Å². The maximum atomic E-state index is 9.73. The summed E-state index contributed by atoms with van der Waals surface area (Å²) in [6, 6.07) is 5.97. The Kier molecular flexibility index (Phi) is 2.65. The van der Waals surface area contributed by atoms with Gasteiger partial charge in [0.1, 0.15) is 23.0 Å². The van der Waals surface area contributed by atoms with E-state index in [2.05, 4.69) is 16.0 Å². The van der Waals surface area contributed by atoms with E-state index in [4.69, 9.17) is 0 Å². The number of nitrogens with zero attached hydrogens (tertiary/aromatic N) is 3. The summed E-state index contributed by atoms with van der Waals surface area (Å²) in [6.45, 7) is 1.43. The minimum atomic E-state index is -0.315. The first-order valence-electron chi connectivity index (χ1n) is 6.09. The molecular formula is C13H14N4O. The van der Waals surface area contributed by atoms with E-state index in [0.29, 0.717) is 17.6 Å². The summed E-state index contributed by atoms with van der Waals surface area (Å²) in [6.07, 6.45) is 3.14. The van der Waals surface area contributed by atoms with E-state index >= 15 is 0 Å². The number of aliphatic hydroxyl groups excluding tert-OH is 1. The average molecular weight is 242 g/mol. The minimum Gasteiger partial charge on any atom is -0.391 e. The van der Waals surface area contributed by atoms with Crippen molar-refractivity contribution in [3.05, 3.63) is 23.9 Å². The van der Waals surface area contributed by atoms with Crippen LogP contribution in [0, 0.1) is 11.3 Å². The van der Waals surface area contributed by atoms with Crippen LogP contribution in [0.5, 0.6) is 0 Å². The molecule has 1 aliphatic rings. The van der Waals surface area contributed by atoms with Gasteiger partial charge in [-0.25, -0.2) is 0 Å². The van der Waals surface area contributed by atoms with Crippen LogP contribution in [0.1, 0.15) is 18.4 Å². The van der Waals surface area contributed by atoms with Gasteiger partial charge in [-0.3, -0.25) is 4.98 Å². The molecule has 1 aliphatic heterocycles. The van der Waals surface area contributed by atoms with Crippen LogP contribution in [0.3, 0.4) is 0 Å². The number of hydrogen-bond acceptors (Lipinski definition) is 4. The summed E-state index contributed by atoms with van der Waals surface area (Å²) < 4.78 is 0. The third-order valence-electron chi connectivity index (χ3n) is 3.36. The fraction of sp³-hybridized carbons (Fsp3) is 0.385. The smallest absolute Gasteiger partial charge is 0.127 e. The van der Waals surface area contributed by atoms with Crippen LogP contribution in [0.4, 0.5) is 5.82 Å². The quantitative estimate of drug-likeness (QED) is 0.792. The molecule has 92 valence electrons. The Morgan fingerprint density at radius 2 is 2.44 bits per heavy atom. The van der Waals surface area contributed by atoms with Crippen molar-refractivity contribution in [1.82, 2.24) is 9.97 Å². The van der Waals surface area contributed by atoms with Crippen molar-refractivity contribution in [2.45, 2.75) is 18.9 Å². The van der Waals surface area contributed by atoms with Gasteiger partial charge in [-0.05, 0) is 25.0 Å². The molecule has 1 atom stereocenters.